The number of pyridine rings is 1. The Morgan fingerprint density at radius 3 is 2.68 bits per heavy atom. The summed E-state index contributed by atoms with van der Waals surface area (Å²) in [4.78, 5) is 20.5. The van der Waals surface area contributed by atoms with Crippen LogP contribution in [0.25, 0.3) is 32.7 Å². The number of halogens is 1. The number of nitrogens with zero attached hydrogens (tertiary/aromatic N) is 3. The summed E-state index contributed by atoms with van der Waals surface area (Å²) in [6.45, 7) is 1.86. The number of rotatable bonds is 1. The zero-order valence-corrected chi connectivity index (χ0v) is 15.0. The van der Waals surface area contributed by atoms with Crippen molar-refractivity contribution in [2.45, 2.75) is 13.3 Å². The molecule has 122 valence electrons. The highest BCUT2D eigenvalue weighted by Gasteiger charge is 2.26. The van der Waals surface area contributed by atoms with Crippen LogP contribution in [0.2, 0.25) is 0 Å². The fourth-order valence-corrected chi connectivity index (χ4v) is 3.81. The van der Waals surface area contributed by atoms with Crippen molar-refractivity contribution in [1.29, 1.82) is 0 Å². The number of nitrogens with one attached hydrogen (secondary N) is 1. The van der Waals surface area contributed by atoms with Crippen molar-refractivity contribution in [2.75, 3.05) is 5.01 Å². The first-order chi connectivity index (χ1) is 12.1. The maximum absolute atomic E-state index is 12.3. The van der Waals surface area contributed by atoms with Gasteiger partial charge in [0.25, 0.3) is 5.91 Å². The number of carbonyl (C=O) groups is 1. The van der Waals surface area contributed by atoms with Gasteiger partial charge in [-0.25, -0.2) is 4.98 Å². The van der Waals surface area contributed by atoms with Gasteiger partial charge in [-0.05, 0) is 30.5 Å². The number of hydrogen-bond acceptors (Lipinski definition) is 3. The molecule has 4 aromatic rings. The van der Waals surface area contributed by atoms with Crippen molar-refractivity contribution in [3.8, 4) is 0 Å². The maximum Gasteiger partial charge on any atom is 0.254 e. The molecule has 6 heteroatoms. The summed E-state index contributed by atoms with van der Waals surface area (Å²) in [6, 6.07) is 14.1. The lowest BCUT2D eigenvalue weighted by molar-refractivity contribution is -0.116. The van der Waals surface area contributed by atoms with Crippen LogP contribution in [-0.4, -0.2) is 21.6 Å². The lowest BCUT2D eigenvalue weighted by atomic mass is 10.1. The Hall–Kier alpha value is -2.73. The highest BCUT2D eigenvalue weighted by molar-refractivity contribution is 9.10. The summed E-state index contributed by atoms with van der Waals surface area (Å²) in [6.07, 6.45) is 0.341. The minimum absolute atomic E-state index is 0.0478. The van der Waals surface area contributed by atoms with Gasteiger partial charge in [-0.2, -0.15) is 10.1 Å². The number of aromatic amines is 1. The van der Waals surface area contributed by atoms with Gasteiger partial charge in [-0.15, -0.1) is 0 Å². The second-order valence-electron chi connectivity index (χ2n) is 6.24. The van der Waals surface area contributed by atoms with E-state index in [2.05, 4.69) is 38.1 Å². The standard InChI is InChI=1S/C19H13BrN4O/c1-10-8-16(25)24(23-10)19-13-5-3-2-4-12(13)17-14-9-11(20)6-7-15(14)21-18(17)22-19/h2-7,9H,8H2,1H3,(H,21,22). The van der Waals surface area contributed by atoms with E-state index in [0.717, 1.165) is 42.9 Å². The van der Waals surface area contributed by atoms with Crippen molar-refractivity contribution >= 4 is 66.1 Å². The summed E-state index contributed by atoms with van der Waals surface area (Å²) in [5.74, 6) is 0.531. The maximum atomic E-state index is 12.3. The van der Waals surface area contributed by atoms with Crippen molar-refractivity contribution in [2.24, 2.45) is 5.10 Å². The lowest BCUT2D eigenvalue weighted by Crippen LogP contribution is -2.21. The SMILES string of the molecule is CC1=NN(c2nc3[nH]c4ccc(Br)cc4c3c3ccccc23)C(=O)C1. The van der Waals surface area contributed by atoms with Crippen LogP contribution >= 0.6 is 15.9 Å². The molecule has 1 N–H and O–H groups in total. The predicted molar refractivity (Wildman–Crippen MR) is 104 cm³/mol. The van der Waals surface area contributed by atoms with E-state index in [1.165, 1.54) is 5.01 Å². The van der Waals surface area contributed by atoms with E-state index in [1.54, 1.807) is 0 Å². The van der Waals surface area contributed by atoms with E-state index in [-0.39, 0.29) is 5.91 Å². The number of anilines is 1. The molecular weight excluding hydrogens is 380 g/mol. The zero-order valence-electron chi connectivity index (χ0n) is 13.4. The third-order valence-electron chi connectivity index (χ3n) is 4.51. The van der Waals surface area contributed by atoms with Crippen LogP contribution in [-0.2, 0) is 4.79 Å². The van der Waals surface area contributed by atoms with Gasteiger partial charge >= 0.3 is 0 Å². The van der Waals surface area contributed by atoms with E-state index in [0.29, 0.717) is 12.2 Å². The molecule has 3 heterocycles. The number of hydrazone groups is 1. The molecule has 1 amide bonds. The van der Waals surface area contributed by atoms with E-state index < -0.39 is 0 Å². The number of benzene rings is 2. The summed E-state index contributed by atoms with van der Waals surface area (Å²) in [5.41, 5.74) is 2.58. The Kier molecular flexibility index (Phi) is 3.00. The van der Waals surface area contributed by atoms with E-state index in [4.69, 9.17) is 4.98 Å². The molecular formula is C19H13BrN4O. The van der Waals surface area contributed by atoms with Crippen molar-refractivity contribution < 1.29 is 4.79 Å². The molecule has 0 saturated carbocycles. The number of amides is 1. The second kappa shape index (κ2) is 5.13. The third kappa shape index (κ3) is 2.10. The Morgan fingerprint density at radius 1 is 1.12 bits per heavy atom. The molecule has 0 fully saturated rings. The molecule has 0 radical (unpaired) electrons. The number of aromatic nitrogens is 2. The number of carbonyl (C=O) groups excluding carboxylic acids is 1. The smallest absolute Gasteiger partial charge is 0.254 e. The molecule has 5 nitrogen and oxygen atoms in total. The summed E-state index contributed by atoms with van der Waals surface area (Å²) in [7, 11) is 0. The first kappa shape index (κ1) is 14.6. The van der Waals surface area contributed by atoms with Gasteiger partial charge in [-0.3, -0.25) is 4.79 Å². The van der Waals surface area contributed by atoms with Gasteiger partial charge in [0, 0.05) is 31.9 Å². The molecule has 0 saturated heterocycles. The number of H-pyrrole nitrogens is 1. The van der Waals surface area contributed by atoms with Crippen molar-refractivity contribution in [3.05, 3.63) is 46.9 Å². The molecule has 2 aromatic carbocycles. The van der Waals surface area contributed by atoms with Gasteiger partial charge in [0.15, 0.2) is 5.82 Å². The van der Waals surface area contributed by atoms with Crippen LogP contribution < -0.4 is 5.01 Å². The average molecular weight is 393 g/mol. The van der Waals surface area contributed by atoms with Crippen LogP contribution in [0.4, 0.5) is 5.82 Å². The van der Waals surface area contributed by atoms with Gasteiger partial charge in [0.1, 0.15) is 5.65 Å². The molecule has 5 rings (SSSR count). The second-order valence-corrected chi connectivity index (χ2v) is 7.15. The van der Waals surface area contributed by atoms with Crippen molar-refractivity contribution in [1.82, 2.24) is 9.97 Å². The number of hydrogen-bond donors (Lipinski definition) is 1. The Labute approximate surface area is 151 Å². The Balaban J connectivity index is 1.94. The highest BCUT2D eigenvalue weighted by Crippen LogP contribution is 2.37. The average Bonchev–Trinajstić information content (AvgIpc) is 3.13. The van der Waals surface area contributed by atoms with Crippen LogP contribution in [0.15, 0.2) is 52.0 Å². The lowest BCUT2D eigenvalue weighted by Gasteiger charge is -2.14. The Bertz CT molecular complexity index is 1220. The quantitative estimate of drug-likeness (QED) is 0.508. The summed E-state index contributed by atoms with van der Waals surface area (Å²) >= 11 is 3.54. The molecule has 0 atom stereocenters. The fourth-order valence-electron chi connectivity index (χ4n) is 3.45. The monoisotopic (exact) mass is 392 g/mol. The number of fused-ring (bicyclic) bond motifs is 5. The van der Waals surface area contributed by atoms with Crippen LogP contribution in [0, 0.1) is 0 Å². The normalized spacial score (nSPS) is 14.9. The molecule has 0 aliphatic carbocycles. The van der Waals surface area contributed by atoms with Crippen LogP contribution in [0.1, 0.15) is 13.3 Å². The van der Waals surface area contributed by atoms with Crippen LogP contribution in [0.5, 0.6) is 0 Å². The van der Waals surface area contributed by atoms with Gasteiger partial charge < -0.3 is 4.98 Å². The molecule has 0 bridgehead atoms. The van der Waals surface area contributed by atoms with E-state index in [1.807, 2.05) is 37.3 Å². The zero-order chi connectivity index (χ0) is 17.1. The molecule has 1 aliphatic heterocycles. The minimum atomic E-state index is -0.0478. The van der Waals surface area contributed by atoms with Gasteiger partial charge in [0.2, 0.25) is 0 Å². The van der Waals surface area contributed by atoms with E-state index in [9.17, 15) is 4.79 Å². The topological polar surface area (TPSA) is 61.4 Å². The summed E-state index contributed by atoms with van der Waals surface area (Å²) < 4.78 is 1.02. The third-order valence-corrected chi connectivity index (χ3v) is 5.00. The first-order valence-corrected chi connectivity index (χ1v) is 8.78. The molecule has 1 aliphatic rings. The predicted octanol–water partition coefficient (Wildman–Crippen LogP) is 4.74. The first-order valence-electron chi connectivity index (χ1n) is 7.98. The van der Waals surface area contributed by atoms with E-state index >= 15 is 0 Å². The Morgan fingerprint density at radius 2 is 1.92 bits per heavy atom. The molecule has 25 heavy (non-hydrogen) atoms. The van der Waals surface area contributed by atoms with Gasteiger partial charge in [0.05, 0.1) is 6.42 Å². The highest BCUT2D eigenvalue weighted by atomic mass is 79.9. The molecule has 2 aromatic heterocycles. The largest absolute Gasteiger partial charge is 0.339 e. The molecule has 0 spiro atoms. The fraction of sp³-hybridized carbons (Fsp3) is 0.105. The molecule has 0 unspecified atom stereocenters. The van der Waals surface area contributed by atoms with Crippen molar-refractivity contribution in [3.63, 3.8) is 0 Å². The minimum Gasteiger partial charge on any atom is -0.339 e. The summed E-state index contributed by atoms with van der Waals surface area (Å²) in [5, 5.41) is 9.95. The van der Waals surface area contributed by atoms with Crippen LogP contribution in [0.3, 0.4) is 0 Å². The van der Waals surface area contributed by atoms with Gasteiger partial charge in [-0.1, -0.05) is 40.2 Å².